The van der Waals surface area contributed by atoms with Crippen molar-refractivity contribution in [3.63, 3.8) is 0 Å². The van der Waals surface area contributed by atoms with Gasteiger partial charge in [0.2, 0.25) is 0 Å². The maximum atomic E-state index is 5.71. The van der Waals surface area contributed by atoms with Crippen LogP contribution in [0.1, 0.15) is 19.7 Å². The third-order valence-electron chi connectivity index (χ3n) is 2.98. The highest BCUT2D eigenvalue weighted by molar-refractivity contribution is 4.85. The minimum Gasteiger partial charge on any atom is -0.330 e. The summed E-state index contributed by atoms with van der Waals surface area (Å²) >= 11 is 0. The van der Waals surface area contributed by atoms with Crippen LogP contribution >= 0.6 is 0 Å². The molecule has 5 heteroatoms. The Bertz CT molecular complexity index is 294. The number of nitrogens with zero attached hydrogens (tertiary/aromatic N) is 3. The van der Waals surface area contributed by atoms with Crippen molar-refractivity contribution in [3.05, 3.63) is 12.2 Å². The summed E-state index contributed by atoms with van der Waals surface area (Å²) in [5.41, 5.74) is 5.71. The number of nitrogens with one attached hydrogen (secondary N) is 1. The van der Waals surface area contributed by atoms with E-state index in [9.17, 15) is 0 Å². The second-order valence-electron chi connectivity index (χ2n) is 4.55. The van der Waals surface area contributed by atoms with Crippen molar-refractivity contribution in [1.82, 2.24) is 20.1 Å². The molecule has 1 aromatic heterocycles. The zero-order chi connectivity index (χ0) is 12.0. The molecule has 0 radical (unpaired) electrons. The Morgan fingerprint density at radius 3 is 2.75 bits per heavy atom. The number of hydrogen-bond donors (Lipinski definition) is 2. The standard InChI is InChI=1S/C11H23N5/c1-9(2)10(6-12)7-13-5-4-11-15-14-8-16(11)3/h8-10,13H,4-7,12H2,1-3H3. The Morgan fingerprint density at radius 2 is 2.25 bits per heavy atom. The first-order valence-corrected chi connectivity index (χ1v) is 5.88. The molecule has 0 bridgehead atoms. The summed E-state index contributed by atoms with van der Waals surface area (Å²) in [6, 6.07) is 0. The molecule has 0 saturated heterocycles. The number of rotatable bonds is 7. The van der Waals surface area contributed by atoms with Crippen LogP contribution in [0.25, 0.3) is 0 Å². The van der Waals surface area contributed by atoms with Gasteiger partial charge < -0.3 is 15.6 Å². The van der Waals surface area contributed by atoms with Gasteiger partial charge >= 0.3 is 0 Å². The molecule has 0 aliphatic rings. The maximum Gasteiger partial charge on any atom is 0.133 e. The molecular formula is C11H23N5. The van der Waals surface area contributed by atoms with Gasteiger partial charge in [-0.05, 0) is 24.9 Å². The van der Waals surface area contributed by atoms with Gasteiger partial charge in [-0.3, -0.25) is 0 Å². The van der Waals surface area contributed by atoms with Crippen LogP contribution in [0.3, 0.4) is 0 Å². The fraction of sp³-hybridized carbons (Fsp3) is 0.818. The van der Waals surface area contributed by atoms with Crippen LogP contribution in [-0.2, 0) is 13.5 Å². The number of aromatic nitrogens is 3. The van der Waals surface area contributed by atoms with Crippen LogP contribution < -0.4 is 11.1 Å². The molecule has 1 rings (SSSR count). The summed E-state index contributed by atoms with van der Waals surface area (Å²) in [6.07, 6.45) is 2.64. The van der Waals surface area contributed by atoms with Crippen molar-refractivity contribution >= 4 is 0 Å². The summed E-state index contributed by atoms with van der Waals surface area (Å²) in [5, 5.41) is 11.3. The molecule has 0 aliphatic heterocycles. The van der Waals surface area contributed by atoms with Gasteiger partial charge in [0.15, 0.2) is 0 Å². The van der Waals surface area contributed by atoms with Gasteiger partial charge in [0.1, 0.15) is 12.2 Å². The van der Waals surface area contributed by atoms with E-state index in [1.54, 1.807) is 6.33 Å². The van der Waals surface area contributed by atoms with E-state index in [2.05, 4.69) is 29.4 Å². The second-order valence-corrected chi connectivity index (χ2v) is 4.55. The van der Waals surface area contributed by atoms with Crippen LogP contribution in [0.4, 0.5) is 0 Å². The monoisotopic (exact) mass is 225 g/mol. The Balaban J connectivity index is 2.19. The topological polar surface area (TPSA) is 68.8 Å². The minimum absolute atomic E-state index is 0.555. The van der Waals surface area contributed by atoms with Crippen LogP contribution in [0, 0.1) is 11.8 Å². The quantitative estimate of drug-likeness (QED) is 0.649. The van der Waals surface area contributed by atoms with E-state index >= 15 is 0 Å². The number of aryl methyl sites for hydroxylation is 1. The van der Waals surface area contributed by atoms with Gasteiger partial charge in [-0.15, -0.1) is 10.2 Å². The van der Waals surface area contributed by atoms with Gasteiger partial charge in [0.25, 0.3) is 0 Å². The molecule has 5 nitrogen and oxygen atoms in total. The summed E-state index contributed by atoms with van der Waals surface area (Å²) in [6.45, 7) is 7.07. The van der Waals surface area contributed by atoms with Gasteiger partial charge in [0.05, 0.1) is 0 Å². The molecule has 0 aliphatic carbocycles. The Labute approximate surface area is 97.4 Å². The summed E-state index contributed by atoms with van der Waals surface area (Å²) in [4.78, 5) is 0. The van der Waals surface area contributed by atoms with Crippen molar-refractivity contribution in [1.29, 1.82) is 0 Å². The van der Waals surface area contributed by atoms with Crippen molar-refractivity contribution in [2.24, 2.45) is 24.6 Å². The molecule has 1 unspecified atom stereocenters. The molecule has 1 heterocycles. The van der Waals surface area contributed by atoms with Crippen LogP contribution in [0.2, 0.25) is 0 Å². The molecule has 0 fully saturated rings. The first-order valence-electron chi connectivity index (χ1n) is 5.88. The molecule has 0 aromatic carbocycles. The molecule has 3 N–H and O–H groups in total. The van der Waals surface area contributed by atoms with E-state index in [1.165, 1.54) is 0 Å². The van der Waals surface area contributed by atoms with E-state index in [0.29, 0.717) is 11.8 Å². The normalized spacial score (nSPS) is 13.3. The summed E-state index contributed by atoms with van der Waals surface area (Å²) in [5.74, 6) is 2.20. The van der Waals surface area contributed by atoms with E-state index < -0.39 is 0 Å². The lowest BCUT2D eigenvalue weighted by Gasteiger charge is -2.19. The Morgan fingerprint density at radius 1 is 1.50 bits per heavy atom. The smallest absolute Gasteiger partial charge is 0.133 e. The van der Waals surface area contributed by atoms with Crippen LogP contribution in [0.5, 0.6) is 0 Å². The highest BCUT2D eigenvalue weighted by atomic mass is 15.2. The molecule has 92 valence electrons. The first-order chi connectivity index (χ1) is 7.65. The second kappa shape index (κ2) is 6.60. The average Bonchev–Trinajstić information content (AvgIpc) is 2.64. The zero-order valence-electron chi connectivity index (χ0n) is 10.5. The van der Waals surface area contributed by atoms with E-state index in [4.69, 9.17) is 5.73 Å². The lowest BCUT2D eigenvalue weighted by atomic mass is 9.96. The third kappa shape index (κ3) is 3.90. The highest BCUT2D eigenvalue weighted by Crippen LogP contribution is 2.07. The van der Waals surface area contributed by atoms with Crippen molar-refractivity contribution < 1.29 is 0 Å². The highest BCUT2D eigenvalue weighted by Gasteiger charge is 2.10. The van der Waals surface area contributed by atoms with Crippen molar-refractivity contribution in [2.75, 3.05) is 19.6 Å². The van der Waals surface area contributed by atoms with Gasteiger partial charge in [-0.25, -0.2) is 0 Å². The molecule has 0 saturated carbocycles. The summed E-state index contributed by atoms with van der Waals surface area (Å²) in [7, 11) is 1.96. The third-order valence-corrected chi connectivity index (χ3v) is 2.98. The van der Waals surface area contributed by atoms with Crippen molar-refractivity contribution in [2.45, 2.75) is 20.3 Å². The minimum atomic E-state index is 0.555. The predicted octanol–water partition coefficient (Wildman–Crippen LogP) is 0.178. The molecular weight excluding hydrogens is 202 g/mol. The lowest BCUT2D eigenvalue weighted by Crippen LogP contribution is -2.32. The Hall–Kier alpha value is -0.940. The molecule has 0 spiro atoms. The lowest BCUT2D eigenvalue weighted by molar-refractivity contribution is 0.371. The van der Waals surface area contributed by atoms with Gasteiger partial charge in [-0.1, -0.05) is 13.8 Å². The fourth-order valence-corrected chi connectivity index (χ4v) is 1.61. The predicted molar refractivity (Wildman–Crippen MR) is 65.0 cm³/mol. The molecule has 16 heavy (non-hydrogen) atoms. The van der Waals surface area contributed by atoms with Gasteiger partial charge in [-0.2, -0.15) is 0 Å². The van der Waals surface area contributed by atoms with Crippen LogP contribution in [-0.4, -0.2) is 34.4 Å². The number of hydrogen-bond acceptors (Lipinski definition) is 4. The Kier molecular flexibility index (Phi) is 5.42. The molecule has 1 aromatic rings. The van der Waals surface area contributed by atoms with Crippen LogP contribution in [0.15, 0.2) is 6.33 Å². The van der Waals surface area contributed by atoms with E-state index in [1.807, 2.05) is 11.6 Å². The largest absolute Gasteiger partial charge is 0.330 e. The average molecular weight is 225 g/mol. The number of nitrogens with two attached hydrogens (primary N) is 1. The SMILES string of the molecule is CC(C)C(CN)CNCCc1nncn1C. The van der Waals surface area contributed by atoms with E-state index in [-0.39, 0.29) is 0 Å². The first kappa shape index (κ1) is 13.1. The fourth-order valence-electron chi connectivity index (χ4n) is 1.61. The van der Waals surface area contributed by atoms with Gasteiger partial charge in [0, 0.05) is 20.0 Å². The zero-order valence-corrected chi connectivity index (χ0v) is 10.5. The molecule has 1 atom stereocenters. The molecule has 0 amide bonds. The van der Waals surface area contributed by atoms with E-state index in [0.717, 1.165) is 31.9 Å². The summed E-state index contributed by atoms with van der Waals surface area (Å²) < 4.78 is 1.95. The van der Waals surface area contributed by atoms with Crippen molar-refractivity contribution in [3.8, 4) is 0 Å². The maximum absolute atomic E-state index is 5.71.